The van der Waals surface area contributed by atoms with Crippen LogP contribution in [0.3, 0.4) is 0 Å². The van der Waals surface area contributed by atoms with Crippen LogP contribution in [0.2, 0.25) is 0 Å². The van der Waals surface area contributed by atoms with Gasteiger partial charge in [-0.25, -0.2) is 0 Å². The molecule has 3 aromatic carbocycles. The molecule has 2 unspecified atom stereocenters. The maximum atomic E-state index is 11.4. The van der Waals surface area contributed by atoms with E-state index in [9.17, 15) is 20.1 Å². The SMILES string of the molecule is CC(=O)N[C@@H]1C(O)[C@H](O)C(COC(c2ccccc2)(c2ccccc2)c2ccccc2)O[C@H]1O. The monoisotopic (exact) mass is 463 g/mol. The van der Waals surface area contributed by atoms with Crippen molar-refractivity contribution in [3.05, 3.63) is 108 Å². The minimum absolute atomic E-state index is 0.138. The molecule has 4 rings (SSSR count). The van der Waals surface area contributed by atoms with Crippen molar-refractivity contribution in [2.45, 2.75) is 43.2 Å². The molecule has 0 bridgehead atoms. The second-order valence-corrected chi connectivity index (χ2v) is 8.36. The van der Waals surface area contributed by atoms with E-state index < -0.39 is 42.2 Å². The van der Waals surface area contributed by atoms with Crippen LogP contribution in [0.15, 0.2) is 91.0 Å². The lowest BCUT2D eigenvalue weighted by molar-refractivity contribution is -0.261. The van der Waals surface area contributed by atoms with Gasteiger partial charge in [0.05, 0.1) is 6.61 Å². The van der Waals surface area contributed by atoms with Crippen molar-refractivity contribution < 1.29 is 29.6 Å². The van der Waals surface area contributed by atoms with E-state index in [0.29, 0.717) is 0 Å². The van der Waals surface area contributed by atoms with Gasteiger partial charge in [0, 0.05) is 6.92 Å². The predicted octanol–water partition coefficient (Wildman–Crippen LogP) is 1.94. The van der Waals surface area contributed by atoms with Gasteiger partial charge in [-0.2, -0.15) is 0 Å². The van der Waals surface area contributed by atoms with Crippen molar-refractivity contribution in [3.8, 4) is 0 Å². The van der Waals surface area contributed by atoms with Crippen LogP contribution >= 0.6 is 0 Å². The Labute approximate surface area is 198 Å². The average Bonchev–Trinajstić information content (AvgIpc) is 2.87. The molecular formula is C27H29NO6. The third kappa shape index (κ3) is 4.75. The Kier molecular flexibility index (Phi) is 7.41. The van der Waals surface area contributed by atoms with E-state index in [1.165, 1.54) is 6.92 Å². The van der Waals surface area contributed by atoms with Gasteiger partial charge in [0.25, 0.3) is 0 Å². The van der Waals surface area contributed by atoms with E-state index in [1.54, 1.807) is 0 Å². The third-order valence-corrected chi connectivity index (χ3v) is 6.10. The highest BCUT2D eigenvalue weighted by molar-refractivity contribution is 5.73. The fraction of sp³-hybridized carbons (Fsp3) is 0.296. The number of hydrogen-bond donors (Lipinski definition) is 4. The molecule has 1 fully saturated rings. The molecule has 0 aromatic heterocycles. The number of nitrogens with one attached hydrogen (secondary N) is 1. The first-order valence-electron chi connectivity index (χ1n) is 11.2. The molecule has 7 nitrogen and oxygen atoms in total. The van der Waals surface area contributed by atoms with Crippen LogP contribution in [0.4, 0.5) is 0 Å². The molecule has 1 heterocycles. The first-order chi connectivity index (χ1) is 16.4. The first kappa shape index (κ1) is 24.1. The van der Waals surface area contributed by atoms with Crippen LogP contribution in [-0.4, -0.2) is 58.5 Å². The van der Waals surface area contributed by atoms with Crippen LogP contribution in [0.5, 0.6) is 0 Å². The van der Waals surface area contributed by atoms with Gasteiger partial charge in [0.1, 0.15) is 30.0 Å². The molecule has 1 amide bonds. The van der Waals surface area contributed by atoms with Crippen LogP contribution in [0, 0.1) is 0 Å². The normalized spacial score (nSPS) is 25.0. The minimum atomic E-state index is -1.50. The summed E-state index contributed by atoms with van der Waals surface area (Å²) in [5, 5.41) is 34.1. The van der Waals surface area contributed by atoms with Crippen molar-refractivity contribution >= 4 is 5.91 Å². The highest BCUT2D eigenvalue weighted by atomic mass is 16.6. The summed E-state index contributed by atoms with van der Waals surface area (Å²) in [5.41, 5.74) is 1.57. The Balaban J connectivity index is 1.71. The highest BCUT2D eigenvalue weighted by Crippen LogP contribution is 2.41. The van der Waals surface area contributed by atoms with Crippen molar-refractivity contribution in [2.24, 2.45) is 0 Å². The summed E-state index contributed by atoms with van der Waals surface area (Å²) in [7, 11) is 0. The van der Waals surface area contributed by atoms with Crippen LogP contribution in [-0.2, 0) is 19.9 Å². The van der Waals surface area contributed by atoms with Crippen molar-refractivity contribution in [2.75, 3.05) is 6.61 Å². The zero-order chi connectivity index (χ0) is 24.1. The van der Waals surface area contributed by atoms with Crippen molar-refractivity contribution in [1.82, 2.24) is 5.32 Å². The number of ether oxygens (including phenoxy) is 2. The fourth-order valence-electron chi connectivity index (χ4n) is 4.45. The summed E-state index contributed by atoms with van der Waals surface area (Å²) in [6.07, 6.45) is -5.36. The molecule has 7 heteroatoms. The number of aliphatic hydroxyl groups excluding tert-OH is 3. The van der Waals surface area contributed by atoms with Gasteiger partial charge in [-0.15, -0.1) is 0 Å². The zero-order valence-electron chi connectivity index (χ0n) is 18.8. The van der Waals surface area contributed by atoms with E-state index in [0.717, 1.165) is 16.7 Å². The molecule has 4 N–H and O–H groups in total. The average molecular weight is 464 g/mol. The number of amides is 1. The van der Waals surface area contributed by atoms with Gasteiger partial charge in [-0.05, 0) is 16.7 Å². The number of carbonyl (C=O) groups is 1. The molecule has 5 atom stereocenters. The van der Waals surface area contributed by atoms with Crippen molar-refractivity contribution in [1.29, 1.82) is 0 Å². The summed E-state index contributed by atoms with van der Waals surface area (Å²) in [4.78, 5) is 11.4. The van der Waals surface area contributed by atoms with Gasteiger partial charge >= 0.3 is 0 Å². The van der Waals surface area contributed by atoms with Gasteiger partial charge in [0.15, 0.2) is 6.29 Å². The summed E-state index contributed by atoms with van der Waals surface area (Å²) in [5.74, 6) is -0.454. The Morgan fingerprint density at radius 3 is 1.68 bits per heavy atom. The smallest absolute Gasteiger partial charge is 0.217 e. The molecule has 3 aromatic rings. The molecule has 178 valence electrons. The summed E-state index contributed by atoms with van der Waals surface area (Å²) in [6.45, 7) is 1.12. The topological polar surface area (TPSA) is 108 Å². The second-order valence-electron chi connectivity index (χ2n) is 8.36. The van der Waals surface area contributed by atoms with Crippen molar-refractivity contribution in [3.63, 3.8) is 0 Å². The third-order valence-electron chi connectivity index (χ3n) is 6.10. The Bertz CT molecular complexity index is 966. The van der Waals surface area contributed by atoms with E-state index in [4.69, 9.17) is 9.47 Å². The molecular weight excluding hydrogens is 434 g/mol. The quantitative estimate of drug-likeness (QED) is 0.399. The number of hydrogen-bond acceptors (Lipinski definition) is 6. The molecule has 0 radical (unpaired) electrons. The number of carbonyl (C=O) groups excluding carboxylic acids is 1. The highest BCUT2D eigenvalue weighted by Gasteiger charge is 2.46. The Morgan fingerprint density at radius 2 is 1.26 bits per heavy atom. The lowest BCUT2D eigenvalue weighted by atomic mass is 9.80. The molecule has 0 spiro atoms. The minimum Gasteiger partial charge on any atom is -0.388 e. The van der Waals surface area contributed by atoms with E-state index in [-0.39, 0.29) is 6.61 Å². The van der Waals surface area contributed by atoms with E-state index in [1.807, 2.05) is 91.0 Å². The summed E-state index contributed by atoms with van der Waals surface area (Å²) in [6, 6.07) is 28.0. The van der Waals surface area contributed by atoms with E-state index in [2.05, 4.69) is 5.32 Å². The molecule has 1 saturated heterocycles. The standard InChI is InChI=1S/C27H29NO6/c1-18(29)28-23-25(31)24(30)22(34-26(23)32)17-33-27(19-11-5-2-6-12-19,20-13-7-3-8-14-20)21-15-9-4-10-16-21/h2-16,22-26,30-32H,17H2,1H3,(H,28,29)/t22?,23-,24-,25?,26-/m1/s1. The van der Waals surface area contributed by atoms with Crippen LogP contribution in [0.1, 0.15) is 23.6 Å². The van der Waals surface area contributed by atoms with Gasteiger partial charge < -0.3 is 30.1 Å². The number of rotatable bonds is 7. The predicted molar refractivity (Wildman–Crippen MR) is 126 cm³/mol. The molecule has 0 aliphatic carbocycles. The molecule has 34 heavy (non-hydrogen) atoms. The number of benzene rings is 3. The first-order valence-corrected chi connectivity index (χ1v) is 11.2. The lowest BCUT2D eigenvalue weighted by Crippen LogP contribution is -2.64. The van der Waals surface area contributed by atoms with Gasteiger partial charge in [-0.3, -0.25) is 4.79 Å². The van der Waals surface area contributed by atoms with Gasteiger partial charge in [0.2, 0.25) is 5.91 Å². The van der Waals surface area contributed by atoms with E-state index >= 15 is 0 Å². The Morgan fingerprint density at radius 1 is 0.824 bits per heavy atom. The van der Waals surface area contributed by atoms with Crippen LogP contribution in [0.25, 0.3) is 0 Å². The zero-order valence-corrected chi connectivity index (χ0v) is 18.8. The fourth-order valence-corrected chi connectivity index (χ4v) is 4.45. The second kappa shape index (κ2) is 10.5. The molecule has 1 aliphatic heterocycles. The summed E-state index contributed by atoms with van der Waals surface area (Å²) < 4.78 is 12.2. The summed E-state index contributed by atoms with van der Waals surface area (Å²) >= 11 is 0. The maximum absolute atomic E-state index is 11.4. The van der Waals surface area contributed by atoms with Gasteiger partial charge in [-0.1, -0.05) is 91.0 Å². The lowest BCUT2D eigenvalue weighted by Gasteiger charge is -2.43. The van der Waals surface area contributed by atoms with Crippen LogP contribution < -0.4 is 5.32 Å². The maximum Gasteiger partial charge on any atom is 0.217 e. The Hall–Kier alpha value is -3.07. The number of aliphatic hydroxyl groups is 3. The molecule has 0 saturated carbocycles. The molecule has 1 aliphatic rings. The largest absolute Gasteiger partial charge is 0.388 e.